The van der Waals surface area contributed by atoms with Crippen LogP contribution in [0.1, 0.15) is 43.7 Å². The van der Waals surface area contributed by atoms with Gasteiger partial charge in [0.25, 0.3) is 0 Å². The summed E-state index contributed by atoms with van der Waals surface area (Å²) in [6, 6.07) is 4.64. The number of hydrogen-bond donors (Lipinski definition) is 1. The molecule has 0 aromatic heterocycles. The minimum atomic E-state index is -4.37. The normalized spacial score (nSPS) is 29.1. The molecule has 3 rings (SSSR count). The van der Waals surface area contributed by atoms with Crippen LogP contribution >= 0.6 is 0 Å². The fraction of sp³-hybridized carbons (Fsp3) is 0.632. The molecule has 144 valence electrons. The Bertz CT molecular complexity index is 622. The zero-order chi connectivity index (χ0) is 18.8. The van der Waals surface area contributed by atoms with E-state index >= 15 is 0 Å². The van der Waals surface area contributed by atoms with E-state index in [0.29, 0.717) is 24.6 Å². The summed E-state index contributed by atoms with van der Waals surface area (Å²) in [6.07, 6.45) is -0.601. The topological polar surface area (TPSA) is 47.6 Å². The molecule has 1 saturated heterocycles. The van der Waals surface area contributed by atoms with Gasteiger partial charge in [0.1, 0.15) is 6.10 Å². The molecule has 1 aliphatic carbocycles. The van der Waals surface area contributed by atoms with Crippen LogP contribution in [0.4, 0.5) is 13.2 Å². The first-order valence-electron chi connectivity index (χ1n) is 9.00. The fourth-order valence-corrected chi connectivity index (χ4v) is 3.47. The summed E-state index contributed by atoms with van der Waals surface area (Å²) < 4.78 is 49.5. The molecule has 1 amide bonds. The van der Waals surface area contributed by atoms with Gasteiger partial charge in [-0.25, -0.2) is 0 Å². The van der Waals surface area contributed by atoms with Crippen molar-refractivity contribution in [1.29, 1.82) is 0 Å². The van der Waals surface area contributed by atoms with Crippen molar-refractivity contribution >= 4 is 5.91 Å². The fourth-order valence-electron chi connectivity index (χ4n) is 3.47. The van der Waals surface area contributed by atoms with Crippen LogP contribution in [0.3, 0.4) is 0 Å². The Kier molecular flexibility index (Phi) is 5.58. The van der Waals surface area contributed by atoms with E-state index in [-0.39, 0.29) is 18.4 Å². The van der Waals surface area contributed by atoms with Crippen LogP contribution in [-0.4, -0.2) is 30.9 Å². The molecule has 1 saturated carbocycles. The van der Waals surface area contributed by atoms with Gasteiger partial charge in [0, 0.05) is 19.4 Å². The number of amides is 1. The highest BCUT2D eigenvalue weighted by atomic mass is 19.4. The van der Waals surface area contributed by atoms with Crippen LogP contribution < -0.4 is 5.32 Å². The molecule has 1 unspecified atom stereocenters. The van der Waals surface area contributed by atoms with Crippen LogP contribution in [0.15, 0.2) is 24.3 Å². The predicted molar refractivity (Wildman–Crippen MR) is 89.3 cm³/mol. The van der Waals surface area contributed by atoms with E-state index in [0.717, 1.165) is 37.8 Å². The van der Waals surface area contributed by atoms with Crippen molar-refractivity contribution in [2.45, 2.75) is 57.1 Å². The molecule has 2 fully saturated rings. The second-order valence-corrected chi connectivity index (χ2v) is 7.32. The summed E-state index contributed by atoms with van der Waals surface area (Å²) in [6.45, 7) is 3.02. The summed E-state index contributed by atoms with van der Waals surface area (Å²) in [5.41, 5.74) is -0.179. The standard InChI is InChI=1S/C19H24F3NO3/c1-13-6-8-18(9-7-13)25-12-16(26-18)11-23-17(24)10-14-2-4-15(5-3-14)19(20,21)22/h2-5,13,16H,6-12H2,1H3,(H,23,24). The number of carbonyl (C=O) groups excluding carboxylic acids is 1. The van der Waals surface area contributed by atoms with E-state index < -0.39 is 17.5 Å². The molecule has 1 atom stereocenters. The lowest BCUT2D eigenvalue weighted by Crippen LogP contribution is -2.38. The number of hydrogen-bond acceptors (Lipinski definition) is 3. The monoisotopic (exact) mass is 371 g/mol. The first-order chi connectivity index (χ1) is 12.3. The number of alkyl halides is 3. The minimum absolute atomic E-state index is 0.0361. The third kappa shape index (κ3) is 4.76. The lowest BCUT2D eigenvalue weighted by atomic mass is 9.86. The maximum atomic E-state index is 12.5. The van der Waals surface area contributed by atoms with E-state index in [1.54, 1.807) is 0 Å². The Morgan fingerprint density at radius 3 is 2.50 bits per heavy atom. The van der Waals surface area contributed by atoms with Gasteiger partial charge in [0.2, 0.25) is 5.91 Å². The van der Waals surface area contributed by atoms with Gasteiger partial charge in [-0.2, -0.15) is 13.2 Å². The van der Waals surface area contributed by atoms with Gasteiger partial charge in [-0.1, -0.05) is 19.1 Å². The number of benzene rings is 1. The number of carbonyl (C=O) groups is 1. The minimum Gasteiger partial charge on any atom is -0.353 e. The molecule has 2 aliphatic rings. The molecule has 0 bridgehead atoms. The highest BCUT2D eigenvalue weighted by molar-refractivity contribution is 5.78. The van der Waals surface area contributed by atoms with Crippen LogP contribution in [0.2, 0.25) is 0 Å². The Morgan fingerprint density at radius 2 is 1.88 bits per heavy atom. The number of nitrogens with one attached hydrogen (secondary N) is 1. The van der Waals surface area contributed by atoms with Crippen molar-refractivity contribution < 1.29 is 27.4 Å². The average molecular weight is 371 g/mol. The second kappa shape index (κ2) is 7.56. The highest BCUT2D eigenvalue weighted by Gasteiger charge is 2.43. The Hall–Kier alpha value is -1.60. The highest BCUT2D eigenvalue weighted by Crippen LogP contribution is 2.39. The van der Waals surface area contributed by atoms with Gasteiger partial charge in [-0.15, -0.1) is 0 Å². The van der Waals surface area contributed by atoms with Gasteiger partial charge in [-0.05, 0) is 36.5 Å². The van der Waals surface area contributed by atoms with Crippen molar-refractivity contribution in [3.63, 3.8) is 0 Å². The molecule has 1 spiro atoms. The van der Waals surface area contributed by atoms with Crippen LogP contribution in [-0.2, 0) is 26.9 Å². The molecule has 0 radical (unpaired) electrons. The molecular formula is C19H24F3NO3. The van der Waals surface area contributed by atoms with Gasteiger partial charge in [0.05, 0.1) is 18.6 Å². The van der Waals surface area contributed by atoms with E-state index in [1.807, 2.05) is 0 Å². The molecule has 1 aromatic carbocycles. The zero-order valence-corrected chi connectivity index (χ0v) is 14.8. The Balaban J connectivity index is 1.43. The molecule has 1 aromatic rings. The van der Waals surface area contributed by atoms with Gasteiger partial charge < -0.3 is 14.8 Å². The van der Waals surface area contributed by atoms with E-state index in [2.05, 4.69) is 12.2 Å². The lowest BCUT2D eigenvalue weighted by Gasteiger charge is -2.34. The molecule has 4 nitrogen and oxygen atoms in total. The average Bonchev–Trinajstić information content (AvgIpc) is 2.99. The summed E-state index contributed by atoms with van der Waals surface area (Å²) >= 11 is 0. The van der Waals surface area contributed by atoms with Crippen molar-refractivity contribution in [3.05, 3.63) is 35.4 Å². The van der Waals surface area contributed by atoms with Gasteiger partial charge in [-0.3, -0.25) is 4.79 Å². The maximum Gasteiger partial charge on any atom is 0.416 e. The Morgan fingerprint density at radius 1 is 1.23 bits per heavy atom. The summed E-state index contributed by atoms with van der Waals surface area (Å²) in [4.78, 5) is 12.0. The third-order valence-corrected chi connectivity index (χ3v) is 5.12. The van der Waals surface area contributed by atoms with E-state index in [4.69, 9.17) is 9.47 Å². The molecule has 7 heteroatoms. The lowest BCUT2D eigenvalue weighted by molar-refractivity contribution is -0.191. The first kappa shape index (κ1) is 19.2. The Labute approximate surface area is 151 Å². The number of halogens is 3. The smallest absolute Gasteiger partial charge is 0.353 e. The zero-order valence-electron chi connectivity index (χ0n) is 14.8. The summed E-state index contributed by atoms with van der Waals surface area (Å²) in [5, 5.41) is 2.78. The van der Waals surface area contributed by atoms with Crippen molar-refractivity contribution in [2.24, 2.45) is 5.92 Å². The van der Waals surface area contributed by atoms with E-state index in [9.17, 15) is 18.0 Å². The molecule has 26 heavy (non-hydrogen) atoms. The van der Waals surface area contributed by atoms with Gasteiger partial charge in [0.15, 0.2) is 5.79 Å². The molecular weight excluding hydrogens is 347 g/mol. The van der Waals surface area contributed by atoms with Crippen LogP contribution in [0, 0.1) is 5.92 Å². The second-order valence-electron chi connectivity index (χ2n) is 7.32. The van der Waals surface area contributed by atoms with Crippen LogP contribution in [0.5, 0.6) is 0 Å². The number of ether oxygens (including phenoxy) is 2. The first-order valence-corrected chi connectivity index (χ1v) is 9.00. The molecule has 1 N–H and O–H groups in total. The van der Waals surface area contributed by atoms with E-state index in [1.165, 1.54) is 12.1 Å². The molecule has 1 aliphatic heterocycles. The van der Waals surface area contributed by atoms with Crippen molar-refractivity contribution in [3.8, 4) is 0 Å². The number of rotatable bonds is 4. The SMILES string of the molecule is CC1CCC2(CC1)OCC(CNC(=O)Cc1ccc(C(F)(F)F)cc1)O2. The van der Waals surface area contributed by atoms with Crippen molar-refractivity contribution in [2.75, 3.05) is 13.2 Å². The van der Waals surface area contributed by atoms with Crippen LogP contribution in [0.25, 0.3) is 0 Å². The summed E-state index contributed by atoms with van der Waals surface area (Å²) in [5.74, 6) is -0.0446. The van der Waals surface area contributed by atoms with Gasteiger partial charge >= 0.3 is 6.18 Å². The quantitative estimate of drug-likeness (QED) is 0.878. The maximum absolute atomic E-state index is 12.5. The molecule has 1 heterocycles. The summed E-state index contributed by atoms with van der Waals surface area (Å²) in [7, 11) is 0. The largest absolute Gasteiger partial charge is 0.416 e. The third-order valence-electron chi connectivity index (χ3n) is 5.12. The van der Waals surface area contributed by atoms with Crippen molar-refractivity contribution in [1.82, 2.24) is 5.32 Å². The predicted octanol–water partition coefficient (Wildman–Crippen LogP) is 3.69.